The summed E-state index contributed by atoms with van der Waals surface area (Å²) < 4.78 is 23.0. The highest BCUT2D eigenvalue weighted by molar-refractivity contribution is 7.91. The lowest BCUT2D eigenvalue weighted by Crippen LogP contribution is -2.45. The van der Waals surface area contributed by atoms with Gasteiger partial charge >= 0.3 is 0 Å². The molecule has 7 heteroatoms. The Morgan fingerprint density at radius 2 is 1.88 bits per heavy atom. The van der Waals surface area contributed by atoms with Gasteiger partial charge in [-0.25, -0.2) is 8.42 Å². The molecule has 130 valence electrons. The molecule has 2 aliphatic rings. The van der Waals surface area contributed by atoms with E-state index in [9.17, 15) is 18.0 Å². The van der Waals surface area contributed by atoms with Crippen molar-refractivity contribution < 1.29 is 18.0 Å². The molecule has 2 fully saturated rings. The van der Waals surface area contributed by atoms with Crippen LogP contribution < -0.4 is 10.6 Å². The fourth-order valence-corrected chi connectivity index (χ4v) is 4.70. The number of carbonyl (C=O) groups is 2. The molecule has 6 nitrogen and oxygen atoms in total. The molecule has 1 aliphatic heterocycles. The largest absolute Gasteiger partial charge is 0.351 e. The number of sulfone groups is 1. The van der Waals surface area contributed by atoms with E-state index < -0.39 is 15.3 Å². The van der Waals surface area contributed by atoms with E-state index in [0.29, 0.717) is 24.9 Å². The fraction of sp³-hybridized carbons (Fsp3) is 0.529. The molecule has 0 spiro atoms. The number of hydrogen-bond acceptors (Lipinski definition) is 4. The molecule has 2 amide bonds. The van der Waals surface area contributed by atoms with Gasteiger partial charge in [-0.1, -0.05) is 12.1 Å². The van der Waals surface area contributed by atoms with Crippen LogP contribution in [-0.2, 0) is 19.4 Å². The maximum atomic E-state index is 12.6. The Kier molecular flexibility index (Phi) is 4.15. The quantitative estimate of drug-likeness (QED) is 0.801. The SMILES string of the molecule is Cc1ccc(C)c(NC(=O)C2(C(=O)NC3CCS(=O)(=O)C3)CC2)c1. The first kappa shape index (κ1) is 17.0. The van der Waals surface area contributed by atoms with Crippen molar-refractivity contribution in [1.82, 2.24) is 5.32 Å². The summed E-state index contributed by atoms with van der Waals surface area (Å²) in [6, 6.07) is 5.39. The van der Waals surface area contributed by atoms with Crippen LogP contribution in [0.25, 0.3) is 0 Å². The smallest absolute Gasteiger partial charge is 0.240 e. The summed E-state index contributed by atoms with van der Waals surface area (Å²) in [5.41, 5.74) is 1.62. The van der Waals surface area contributed by atoms with E-state index in [-0.39, 0.29) is 29.4 Å². The Hall–Kier alpha value is -1.89. The first-order valence-corrected chi connectivity index (χ1v) is 9.94. The van der Waals surface area contributed by atoms with Crippen molar-refractivity contribution in [3.05, 3.63) is 29.3 Å². The molecule has 1 aliphatic carbocycles. The van der Waals surface area contributed by atoms with Crippen LogP contribution >= 0.6 is 0 Å². The van der Waals surface area contributed by atoms with Gasteiger partial charge in [0.15, 0.2) is 9.84 Å². The minimum atomic E-state index is -3.06. The van der Waals surface area contributed by atoms with Crippen LogP contribution in [0.1, 0.15) is 30.4 Å². The van der Waals surface area contributed by atoms with Gasteiger partial charge in [-0.2, -0.15) is 0 Å². The zero-order chi connectivity index (χ0) is 17.5. The van der Waals surface area contributed by atoms with Gasteiger partial charge in [0.25, 0.3) is 0 Å². The average molecular weight is 350 g/mol. The van der Waals surface area contributed by atoms with Gasteiger partial charge in [0.05, 0.1) is 11.5 Å². The van der Waals surface area contributed by atoms with Gasteiger partial charge in [-0.3, -0.25) is 9.59 Å². The molecular formula is C17H22N2O4S. The van der Waals surface area contributed by atoms with Crippen LogP contribution in [0.3, 0.4) is 0 Å². The molecule has 0 aromatic heterocycles. The predicted molar refractivity (Wildman–Crippen MR) is 91.4 cm³/mol. The lowest BCUT2D eigenvalue weighted by Gasteiger charge is -2.19. The summed E-state index contributed by atoms with van der Waals surface area (Å²) in [6.45, 7) is 3.84. The standard InChI is InChI=1S/C17H22N2O4S/c1-11-3-4-12(2)14(9-11)19-16(21)17(6-7-17)15(20)18-13-5-8-24(22,23)10-13/h3-4,9,13H,5-8,10H2,1-2H3,(H,18,20)(H,19,21). The summed E-state index contributed by atoms with van der Waals surface area (Å²) in [5, 5.41) is 5.61. The van der Waals surface area contributed by atoms with E-state index in [1.54, 1.807) is 0 Å². The third-order valence-corrected chi connectivity index (χ3v) is 6.60. The molecule has 1 aromatic carbocycles. The van der Waals surface area contributed by atoms with Crippen molar-refractivity contribution in [1.29, 1.82) is 0 Å². The van der Waals surface area contributed by atoms with Crippen LogP contribution in [0.2, 0.25) is 0 Å². The van der Waals surface area contributed by atoms with Crippen LogP contribution in [0.15, 0.2) is 18.2 Å². The highest BCUT2D eigenvalue weighted by Crippen LogP contribution is 2.47. The van der Waals surface area contributed by atoms with Gasteiger partial charge in [-0.15, -0.1) is 0 Å². The molecule has 24 heavy (non-hydrogen) atoms. The number of anilines is 1. The van der Waals surface area contributed by atoms with E-state index in [4.69, 9.17) is 0 Å². The Morgan fingerprint density at radius 1 is 1.17 bits per heavy atom. The molecule has 0 radical (unpaired) electrons. The lowest BCUT2D eigenvalue weighted by molar-refractivity contribution is -0.134. The molecule has 0 bridgehead atoms. The monoisotopic (exact) mass is 350 g/mol. The number of carbonyl (C=O) groups excluding carboxylic acids is 2. The third-order valence-electron chi connectivity index (χ3n) is 4.83. The Labute approximate surface area is 141 Å². The average Bonchev–Trinajstić information content (AvgIpc) is 3.24. The van der Waals surface area contributed by atoms with Crippen molar-refractivity contribution in [2.24, 2.45) is 5.41 Å². The van der Waals surface area contributed by atoms with E-state index >= 15 is 0 Å². The Balaban J connectivity index is 1.68. The highest BCUT2D eigenvalue weighted by atomic mass is 32.2. The van der Waals surface area contributed by atoms with Crippen molar-refractivity contribution >= 4 is 27.3 Å². The van der Waals surface area contributed by atoms with Gasteiger partial charge in [0.2, 0.25) is 11.8 Å². The van der Waals surface area contributed by atoms with Crippen LogP contribution in [0, 0.1) is 19.3 Å². The predicted octanol–water partition coefficient (Wildman–Crippen LogP) is 1.33. The molecule has 1 saturated heterocycles. The van der Waals surface area contributed by atoms with Crippen molar-refractivity contribution in [2.45, 2.75) is 39.2 Å². The topological polar surface area (TPSA) is 92.3 Å². The third kappa shape index (κ3) is 3.31. The lowest BCUT2D eigenvalue weighted by atomic mass is 10.0. The molecule has 1 atom stereocenters. The summed E-state index contributed by atoms with van der Waals surface area (Å²) in [5.74, 6) is -0.602. The normalized spacial score (nSPS) is 23.5. The number of rotatable bonds is 4. The zero-order valence-corrected chi connectivity index (χ0v) is 14.7. The number of nitrogens with one attached hydrogen (secondary N) is 2. The number of amides is 2. The summed E-state index contributed by atoms with van der Waals surface area (Å²) in [6.07, 6.45) is 1.41. The Bertz CT molecular complexity index is 797. The molecule has 1 unspecified atom stereocenters. The van der Waals surface area contributed by atoms with Gasteiger partial charge in [-0.05, 0) is 50.3 Å². The van der Waals surface area contributed by atoms with Crippen molar-refractivity contribution in [3.63, 3.8) is 0 Å². The van der Waals surface area contributed by atoms with E-state index in [1.807, 2.05) is 32.0 Å². The minimum Gasteiger partial charge on any atom is -0.351 e. The van der Waals surface area contributed by atoms with Crippen LogP contribution in [0.5, 0.6) is 0 Å². The van der Waals surface area contributed by atoms with Crippen molar-refractivity contribution in [2.75, 3.05) is 16.8 Å². The van der Waals surface area contributed by atoms with Crippen molar-refractivity contribution in [3.8, 4) is 0 Å². The van der Waals surface area contributed by atoms with E-state index in [1.165, 1.54) is 0 Å². The van der Waals surface area contributed by atoms with E-state index in [2.05, 4.69) is 10.6 Å². The summed E-state index contributed by atoms with van der Waals surface area (Å²) in [7, 11) is -3.06. The second kappa shape index (κ2) is 5.88. The summed E-state index contributed by atoms with van der Waals surface area (Å²) in [4.78, 5) is 25.1. The maximum absolute atomic E-state index is 12.6. The molecule has 2 N–H and O–H groups in total. The van der Waals surface area contributed by atoms with Crippen LogP contribution in [-0.4, -0.2) is 37.8 Å². The molecule has 1 saturated carbocycles. The Morgan fingerprint density at radius 3 is 2.46 bits per heavy atom. The van der Waals surface area contributed by atoms with Gasteiger partial charge in [0.1, 0.15) is 5.41 Å². The fourth-order valence-electron chi connectivity index (χ4n) is 3.03. The van der Waals surface area contributed by atoms with E-state index in [0.717, 1.165) is 11.1 Å². The molecule has 1 aromatic rings. The van der Waals surface area contributed by atoms with Crippen LogP contribution in [0.4, 0.5) is 5.69 Å². The molecule has 3 rings (SSSR count). The second-order valence-electron chi connectivity index (χ2n) is 6.93. The number of aryl methyl sites for hydroxylation is 2. The minimum absolute atomic E-state index is 0.0343. The summed E-state index contributed by atoms with van der Waals surface area (Å²) >= 11 is 0. The first-order chi connectivity index (χ1) is 11.2. The first-order valence-electron chi connectivity index (χ1n) is 8.12. The zero-order valence-electron chi connectivity index (χ0n) is 13.9. The number of benzene rings is 1. The number of hydrogen-bond donors (Lipinski definition) is 2. The van der Waals surface area contributed by atoms with Gasteiger partial charge < -0.3 is 10.6 Å². The highest BCUT2D eigenvalue weighted by Gasteiger charge is 2.57. The van der Waals surface area contributed by atoms with Gasteiger partial charge in [0, 0.05) is 11.7 Å². The molecular weight excluding hydrogens is 328 g/mol. The molecule has 1 heterocycles. The second-order valence-corrected chi connectivity index (χ2v) is 9.16. The maximum Gasteiger partial charge on any atom is 0.240 e.